The van der Waals surface area contributed by atoms with Gasteiger partial charge < -0.3 is 20.3 Å². The molecule has 1 aliphatic heterocycles. The Bertz CT molecular complexity index is 790. The summed E-state index contributed by atoms with van der Waals surface area (Å²) >= 11 is 5.37. The van der Waals surface area contributed by atoms with Gasteiger partial charge in [0, 0.05) is 30.9 Å². The van der Waals surface area contributed by atoms with Crippen LogP contribution in [0, 0.1) is 0 Å². The number of nitrogens with zero attached hydrogens (tertiary/aromatic N) is 1. The maximum atomic E-state index is 11.8. The summed E-state index contributed by atoms with van der Waals surface area (Å²) in [5.41, 5.74) is 3.15. The molecular weight excluding hydrogens is 370 g/mol. The van der Waals surface area contributed by atoms with Crippen molar-refractivity contribution in [3.8, 4) is 5.75 Å². The van der Waals surface area contributed by atoms with Crippen molar-refractivity contribution in [1.29, 1.82) is 0 Å². The first-order chi connectivity index (χ1) is 13.7. The normalized spacial score (nSPS) is 13.5. The number of carbonyl (C=O) groups excluding carboxylic acids is 1. The molecule has 0 aliphatic carbocycles. The fourth-order valence-electron chi connectivity index (χ4n) is 3.23. The standard InChI is InChI=1S/C22H27N3O2S/c1-2-27-20-13-7-17(8-14-20)5-3-15-23-22(28)24-18-9-11-19(12-10-18)25-16-4-6-21(25)26/h7-14H,2-6,15-16H2,1H3,(H2,23,24,28). The van der Waals surface area contributed by atoms with Gasteiger partial charge in [-0.2, -0.15) is 0 Å². The minimum absolute atomic E-state index is 0.199. The highest BCUT2D eigenvalue weighted by Gasteiger charge is 2.21. The third kappa shape index (κ3) is 5.70. The van der Waals surface area contributed by atoms with Crippen LogP contribution in [0.2, 0.25) is 0 Å². The fourth-order valence-corrected chi connectivity index (χ4v) is 3.45. The van der Waals surface area contributed by atoms with Gasteiger partial charge >= 0.3 is 0 Å². The van der Waals surface area contributed by atoms with Crippen molar-refractivity contribution in [3.63, 3.8) is 0 Å². The zero-order valence-electron chi connectivity index (χ0n) is 16.2. The summed E-state index contributed by atoms with van der Waals surface area (Å²) in [4.78, 5) is 13.6. The summed E-state index contributed by atoms with van der Waals surface area (Å²) in [5, 5.41) is 7.04. The molecule has 0 unspecified atom stereocenters. The number of carbonyl (C=O) groups is 1. The van der Waals surface area contributed by atoms with E-state index in [0.29, 0.717) is 18.1 Å². The highest BCUT2D eigenvalue weighted by atomic mass is 32.1. The maximum Gasteiger partial charge on any atom is 0.227 e. The number of hydrogen-bond acceptors (Lipinski definition) is 3. The van der Waals surface area contributed by atoms with E-state index in [4.69, 9.17) is 17.0 Å². The molecule has 5 nitrogen and oxygen atoms in total. The second kappa shape index (κ2) is 10.1. The van der Waals surface area contributed by atoms with Crippen LogP contribution in [-0.4, -0.2) is 30.7 Å². The first-order valence-electron chi connectivity index (χ1n) is 9.82. The lowest BCUT2D eigenvalue weighted by molar-refractivity contribution is -0.117. The molecule has 3 rings (SSSR count). The molecule has 0 bridgehead atoms. The molecule has 0 radical (unpaired) electrons. The van der Waals surface area contributed by atoms with Crippen molar-refractivity contribution < 1.29 is 9.53 Å². The minimum atomic E-state index is 0.199. The Labute approximate surface area is 172 Å². The maximum absolute atomic E-state index is 11.8. The second-order valence-electron chi connectivity index (χ2n) is 6.76. The van der Waals surface area contributed by atoms with E-state index in [0.717, 1.165) is 49.5 Å². The number of amides is 1. The van der Waals surface area contributed by atoms with Crippen molar-refractivity contribution in [2.45, 2.75) is 32.6 Å². The summed E-state index contributed by atoms with van der Waals surface area (Å²) in [6.45, 7) is 4.28. The van der Waals surface area contributed by atoms with Crippen LogP contribution in [0.25, 0.3) is 0 Å². The van der Waals surface area contributed by atoms with E-state index in [1.807, 2.05) is 48.2 Å². The summed E-state index contributed by atoms with van der Waals surface area (Å²) in [7, 11) is 0. The van der Waals surface area contributed by atoms with Crippen molar-refractivity contribution >= 4 is 34.6 Å². The van der Waals surface area contributed by atoms with Gasteiger partial charge in [-0.05, 0) is 80.4 Å². The second-order valence-corrected chi connectivity index (χ2v) is 7.17. The van der Waals surface area contributed by atoms with Crippen molar-refractivity contribution in [3.05, 3.63) is 54.1 Å². The number of thiocarbonyl (C=S) groups is 1. The molecule has 28 heavy (non-hydrogen) atoms. The molecule has 2 N–H and O–H groups in total. The minimum Gasteiger partial charge on any atom is -0.494 e. The van der Waals surface area contributed by atoms with Crippen molar-refractivity contribution in [2.75, 3.05) is 29.9 Å². The Morgan fingerprint density at radius 1 is 1.14 bits per heavy atom. The average Bonchev–Trinajstić information content (AvgIpc) is 3.13. The van der Waals surface area contributed by atoms with Crippen LogP contribution in [0.4, 0.5) is 11.4 Å². The van der Waals surface area contributed by atoms with E-state index < -0.39 is 0 Å². The van der Waals surface area contributed by atoms with E-state index in [9.17, 15) is 4.79 Å². The van der Waals surface area contributed by atoms with E-state index in [2.05, 4.69) is 22.8 Å². The van der Waals surface area contributed by atoms with Crippen LogP contribution in [0.1, 0.15) is 31.7 Å². The van der Waals surface area contributed by atoms with E-state index in [1.54, 1.807) is 0 Å². The van der Waals surface area contributed by atoms with Gasteiger partial charge in [-0.1, -0.05) is 12.1 Å². The highest BCUT2D eigenvalue weighted by molar-refractivity contribution is 7.80. The van der Waals surface area contributed by atoms with E-state index in [1.165, 1.54) is 5.56 Å². The Balaban J connectivity index is 1.37. The Kier molecular flexibility index (Phi) is 7.25. The SMILES string of the molecule is CCOc1ccc(CCCNC(=S)Nc2ccc(N3CCCC3=O)cc2)cc1. The number of rotatable bonds is 8. The van der Waals surface area contributed by atoms with Crippen LogP contribution < -0.4 is 20.3 Å². The van der Waals surface area contributed by atoms with Crippen LogP contribution in [0.5, 0.6) is 5.75 Å². The average molecular weight is 398 g/mol. The van der Waals surface area contributed by atoms with Gasteiger partial charge in [0.05, 0.1) is 6.61 Å². The van der Waals surface area contributed by atoms with E-state index in [-0.39, 0.29) is 5.91 Å². The fraction of sp³-hybridized carbons (Fsp3) is 0.364. The molecule has 0 atom stereocenters. The quantitative estimate of drug-likeness (QED) is 0.518. The molecule has 0 saturated carbocycles. The van der Waals surface area contributed by atoms with Gasteiger partial charge in [0.1, 0.15) is 5.75 Å². The summed E-state index contributed by atoms with van der Waals surface area (Å²) in [5.74, 6) is 1.11. The largest absolute Gasteiger partial charge is 0.494 e. The lowest BCUT2D eigenvalue weighted by Crippen LogP contribution is -2.29. The van der Waals surface area contributed by atoms with Crippen LogP contribution in [-0.2, 0) is 11.2 Å². The van der Waals surface area contributed by atoms with Gasteiger partial charge in [0.2, 0.25) is 5.91 Å². The molecule has 1 aliphatic rings. The predicted octanol–water partition coefficient (Wildman–Crippen LogP) is 4.13. The molecule has 0 aromatic heterocycles. The van der Waals surface area contributed by atoms with Gasteiger partial charge in [-0.3, -0.25) is 4.79 Å². The number of nitrogens with one attached hydrogen (secondary N) is 2. The lowest BCUT2D eigenvalue weighted by atomic mass is 10.1. The Hall–Kier alpha value is -2.60. The van der Waals surface area contributed by atoms with E-state index >= 15 is 0 Å². The zero-order chi connectivity index (χ0) is 19.8. The summed E-state index contributed by atoms with van der Waals surface area (Å²) < 4.78 is 5.46. The molecule has 6 heteroatoms. The van der Waals surface area contributed by atoms with Crippen LogP contribution in [0.3, 0.4) is 0 Å². The third-order valence-corrected chi connectivity index (χ3v) is 4.92. The summed E-state index contributed by atoms with van der Waals surface area (Å²) in [6, 6.07) is 16.1. The number of hydrogen-bond donors (Lipinski definition) is 2. The van der Waals surface area contributed by atoms with Crippen molar-refractivity contribution in [1.82, 2.24) is 5.32 Å². The number of benzene rings is 2. The van der Waals surface area contributed by atoms with Gasteiger partial charge in [-0.25, -0.2) is 0 Å². The first kappa shape index (κ1) is 20.1. The molecule has 1 saturated heterocycles. The van der Waals surface area contributed by atoms with Crippen LogP contribution in [0.15, 0.2) is 48.5 Å². The molecule has 0 spiro atoms. The Morgan fingerprint density at radius 3 is 2.54 bits per heavy atom. The molecule has 1 fully saturated rings. The lowest BCUT2D eigenvalue weighted by Gasteiger charge is -2.16. The smallest absolute Gasteiger partial charge is 0.227 e. The molecule has 148 valence electrons. The molecular formula is C22H27N3O2S. The molecule has 2 aromatic rings. The molecule has 1 heterocycles. The topological polar surface area (TPSA) is 53.6 Å². The molecule has 2 aromatic carbocycles. The number of ether oxygens (including phenoxy) is 1. The number of aryl methyl sites for hydroxylation is 1. The highest BCUT2D eigenvalue weighted by Crippen LogP contribution is 2.23. The van der Waals surface area contributed by atoms with Crippen molar-refractivity contribution in [2.24, 2.45) is 0 Å². The van der Waals surface area contributed by atoms with Crippen LogP contribution >= 0.6 is 12.2 Å². The van der Waals surface area contributed by atoms with Gasteiger partial charge in [0.25, 0.3) is 0 Å². The summed E-state index contributed by atoms with van der Waals surface area (Å²) in [6.07, 6.45) is 3.56. The monoisotopic (exact) mass is 397 g/mol. The Morgan fingerprint density at radius 2 is 1.89 bits per heavy atom. The van der Waals surface area contributed by atoms with Gasteiger partial charge in [-0.15, -0.1) is 0 Å². The predicted molar refractivity (Wildman–Crippen MR) is 118 cm³/mol. The first-order valence-corrected chi connectivity index (χ1v) is 10.2. The molecule has 1 amide bonds. The number of anilines is 2. The van der Waals surface area contributed by atoms with Gasteiger partial charge in [0.15, 0.2) is 5.11 Å². The zero-order valence-corrected chi connectivity index (χ0v) is 17.1. The third-order valence-electron chi connectivity index (χ3n) is 4.67.